The molecule has 0 aromatic carbocycles. The van der Waals surface area contributed by atoms with Crippen LogP contribution in [-0.4, -0.2) is 25.8 Å². The van der Waals surface area contributed by atoms with Gasteiger partial charge >= 0.3 is 0 Å². The lowest BCUT2D eigenvalue weighted by Crippen LogP contribution is -2.40. The van der Waals surface area contributed by atoms with Gasteiger partial charge in [0.1, 0.15) is 0 Å². The lowest BCUT2D eigenvalue weighted by molar-refractivity contribution is 0.421. The SMILES string of the molecule is CC1=C(C)CN(S(N)(=O)=O)CC1. The first-order valence-electron chi connectivity index (χ1n) is 3.84. The van der Waals surface area contributed by atoms with Gasteiger partial charge in [-0.1, -0.05) is 11.1 Å². The zero-order valence-electron chi connectivity index (χ0n) is 7.37. The first kappa shape index (κ1) is 9.70. The second-order valence-electron chi connectivity index (χ2n) is 3.19. The summed E-state index contributed by atoms with van der Waals surface area (Å²) in [6.45, 7) is 4.93. The maximum absolute atomic E-state index is 10.9. The molecule has 1 rings (SSSR count). The van der Waals surface area contributed by atoms with Crippen molar-refractivity contribution in [2.45, 2.75) is 20.3 Å². The van der Waals surface area contributed by atoms with Crippen molar-refractivity contribution < 1.29 is 8.42 Å². The normalized spacial score (nSPS) is 21.6. The van der Waals surface area contributed by atoms with E-state index in [4.69, 9.17) is 5.14 Å². The first-order valence-corrected chi connectivity index (χ1v) is 5.34. The van der Waals surface area contributed by atoms with Gasteiger partial charge in [0.05, 0.1) is 0 Å². The topological polar surface area (TPSA) is 63.4 Å². The molecule has 0 atom stereocenters. The van der Waals surface area contributed by atoms with Gasteiger partial charge in [-0.2, -0.15) is 12.7 Å². The number of hydrogen-bond donors (Lipinski definition) is 1. The molecule has 1 aliphatic rings. The molecule has 0 aromatic rings. The molecule has 0 aromatic heterocycles. The highest BCUT2D eigenvalue weighted by atomic mass is 32.2. The Balaban J connectivity index is 2.81. The molecular formula is C7H14N2O2S. The quantitative estimate of drug-likeness (QED) is 0.602. The van der Waals surface area contributed by atoms with Crippen molar-refractivity contribution in [2.75, 3.05) is 13.1 Å². The van der Waals surface area contributed by atoms with Crippen LogP contribution < -0.4 is 5.14 Å². The van der Waals surface area contributed by atoms with Crippen LogP contribution in [0.25, 0.3) is 0 Å². The first-order chi connectivity index (χ1) is 5.41. The van der Waals surface area contributed by atoms with Gasteiger partial charge in [0.2, 0.25) is 0 Å². The minimum Gasteiger partial charge on any atom is -0.216 e. The summed E-state index contributed by atoms with van der Waals surface area (Å²) in [5.74, 6) is 0. The Morgan fingerprint density at radius 2 is 1.92 bits per heavy atom. The number of nitrogens with zero attached hydrogens (tertiary/aromatic N) is 1. The summed E-state index contributed by atoms with van der Waals surface area (Å²) in [5.41, 5.74) is 2.38. The summed E-state index contributed by atoms with van der Waals surface area (Å²) < 4.78 is 23.1. The zero-order chi connectivity index (χ0) is 9.35. The Bertz CT molecular complexity index is 305. The van der Waals surface area contributed by atoms with Gasteiger partial charge in [0.25, 0.3) is 10.2 Å². The highest BCUT2D eigenvalue weighted by Crippen LogP contribution is 2.17. The molecule has 0 fully saturated rings. The number of hydrogen-bond acceptors (Lipinski definition) is 2. The van der Waals surface area contributed by atoms with E-state index in [1.54, 1.807) is 0 Å². The molecule has 0 unspecified atom stereocenters. The maximum atomic E-state index is 10.9. The summed E-state index contributed by atoms with van der Waals surface area (Å²) >= 11 is 0. The average Bonchev–Trinajstić information content (AvgIpc) is 1.92. The zero-order valence-corrected chi connectivity index (χ0v) is 8.19. The Hall–Kier alpha value is -0.390. The lowest BCUT2D eigenvalue weighted by Gasteiger charge is -2.25. The van der Waals surface area contributed by atoms with Crippen LogP contribution in [0.3, 0.4) is 0 Å². The van der Waals surface area contributed by atoms with E-state index in [0.717, 1.165) is 12.0 Å². The fourth-order valence-electron chi connectivity index (χ4n) is 1.20. The van der Waals surface area contributed by atoms with Crippen LogP contribution >= 0.6 is 0 Å². The van der Waals surface area contributed by atoms with Gasteiger partial charge in [0, 0.05) is 13.1 Å². The van der Waals surface area contributed by atoms with E-state index in [1.807, 2.05) is 13.8 Å². The highest BCUT2D eigenvalue weighted by molar-refractivity contribution is 7.86. The third-order valence-electron chi connectivity index (χ3n) is 2.24. The Labute approximate surface area is 73.2 Å². The Morgan fingerprint density at radius 3 is 2.33 bits per heavy atom. The van der Waals surface area contributed by atoms with Gasteiger partial charge in [-0.3, -0.25) is 0 Å². The van der Waals surface area contributed by atoms with Crippen molar-refractivity contribution in [2.24, 2.45) is 5.14 Å². The van der Waals surface area contributed by atoms with Crippen LogP contribution in [0.5, 0.6) is 0 Å². The summed E-state index contributed by atoms with van der Waals surface area (Å²) in [5, 5.41) is 4.99. The van der Waals surface area contributed by atoms with E-state index < -0.39 is 10.2 Å². The summed E-state index contributed by atoms with van der Waals surface area (Å²) in [6, 6.07) is 0. The lowest BCUT2D eigenvalue weighted by atomic mass is 10.1. The highest BCUT2D eigenvalue weighted by Gasteiger charge is 2.21. The molecule has 1 heterocycles. The van der Waals surface area contributed by atoms with Gasteiger partial charge in [-0.05, 0) is 20.3 Å². The van der Waals surface area contributed by atoms with E-state index in [9.17, 15) is 8.42 Å². The van der Waals surface area contributed by atoms with Gasteiger partial charge in [-0.25, -0.2) is 5.14 Å². The minimum absolute atomic E-state index is 0.449. The fraction of sp³-hybridized carbons (Fsp3) is 0.714. The Morgan fingerprint density at radius 1 is 1.33 bits per heavy atom. The van der Waals surface area contributed by atoms with Crippen molar-refractivity contribution in [3.05, 3.63) is 11.1 Å². The molecule has 0 spiro atoms. The van der Waals surface area contributed by atoms with Crippen LogP contribution in [0.15, 0.2) is 11.1 Å². The van der Waals surface area contributed by atoms with Crippen molar-refractivity contribution in [3.63, 3.8) is 0 Å². The van der Waals surface area contributed by atoms with Crippen LogP contribution in [0.2, 0.25) is 0 Å². The third kappa shape index (κ3) is 2.06. The largest absolute Gasteiger partial charge is 0.277 e. The van der Waals surface area contributed by atoms with E-state index in [1.165, 1.54) is 9.88 Å². The van der Waals surface area contributed by atoms with Gasteiger partial charge < -0.3 is 0 Å². The second kappa shape index (κ2) is 3.16. The van der Waals surface area contributed by atoms with Gasteiger partial charge in [-0.15, -0.1) is 0 Å². The minimum atomic E-state index is -3.48. The van der Waals surface area contributed by atoms with Crippen molar-refractivity contribution >= 4 is 10.2 Å². The van der Waals surface area contributed by atoms with E-state index in [0.29, 0.717) is 13.1 Å². The van der Waals surface area contributed by atoms with Crippen molar-refractivity contribution in [1.29, 1.82) is 0 Å². The molecule has 1 aliphatic heterocycles. The number of nitrogens with two attached hydrogens (primary N) is 1. The summed E-state index contributed by atoms with van der Waals surface area (Å²) in [7, 11) is -3.48. The molecular weight excluding hydrogens is 176 g/mol. The smallest absolute Gasteiger partial charge is 0.216 e. The summed E-state index contributed by atoms with van der Waals surface area (Å²) in [6.07, 6.45) is 0.794. The van der Waals surface area contributed by atoms with Crippen molar-refractivity contribution in [3.8, 4) is 0 Å². The molecule has 0 saturated carbocycles. The maximum Gasteiger partial charge on any atom is 0.277 e. The molecule has 2 N–H and O–H groups in total. The molecule has 5 heteroatoms. The average molecular weight is 190 g/mol. The van der Waals surface area contributed by atoms with Crippen LogP contribution in [0.4, 0.5) is 0 Å². The molecule has 0 radical (unpaired) electrons. The standard InChI is InChI=1S/C7H14N2O2S/c1-6-3-4-9(5-7(6)2)12(8,10)11/h3-5H2,1-2H3,(H2,8,10,11). The van der Waals surface area contributed by atoms with Gasteiger partial charge in [0.15, 0.2) is 0 Å². The molecule has 70 valence electrons. The fourth-order valence-corrected chi connectivity index (χ4v) is 1.92. The van der Waals surface area contributed by atoms with Crippen LogP contribution in [-0.2, 0) is 10.2 Å². The van der Waals surface area contributed by atoms with Crippen LogP contribution in [0, 0.1) is 0 Å². The third-order valence-corrected chi connectivity index (χ3v) is 3.27. The predicted octanol–water partition coefficient (Wildman–Crippen LogP) is 0.232. The molecule has 0 saturated heterocycles. The van der Waals surface area contributed by atoms with E-state index in [-0.39, 0.29) is 0 Å². The molecule has 12 heavy (non-hydrogen) atoms. The predicted molar refractivity (Wildman–Crippen MR) is 47.7 cm³/mol. The molecule has 0 amide bonds. The monoisotopic (exact) mass is 190 g/mol. The van der Waals surface area contributed by atoms with E-state index >= 15 is 0 Å². The van der Waals surface area contributed by atoms with Crippen molar-refractivity contribution in [1.82, 2.24) is 4.31 Å². The summed E-state index contributed by atoms with van der Waals surface area (Å²) in [4.78, 5) is 0. The van der Waals surface area contributed by atoms with E-state index in [2.05, 4.69) is 0 Å². The Kier molecular flexibility index (Phi) is 2.55. The molecule has 4 nitrogen and oxygen atoms in total. The van der Waals surface area contributed by atoms with Crippen LogP contribution in [0.1, 0.15) is 20.3 Å². The second-order valence-corrected chi connectivity index (χ2v) is 4.74. The molecule has 0 aliphatic carbocycles. The number of rotatable bonds is 1. The molecule has 0 bridgehead atoms.